The molecule has 28 heavy (non-hydrogen) atoms. The lowest BCUT2D eigenvalue weighted by atomic mass is 10.1. The largest absolute Gasteiger partial charge is 0.371 e. The molecule has 3 nitrogen and oxygen atoms in total. The molecule has 0 radical (unpaired) electrons. The summed E-state index contributed by atoms with van der Waals surface area (Å²) < 4.78 is 0. The highest BCUT2D eigenvalue weighted by molar-refractivity contribution is 7.98. The molecule has 1 aliphatic heterocycles. The molecule has 0 bridgehead atoms. The quantitative estimate of drug-likeness (QED) is 0.539. The van der Waals surface area contributed by atoms with Gasteiger partial charge in [-0.05, 0) is 48.1 Å². The first-order chi connectivity index (χ1) is 13.8. The van der Waals surface area contributed by atoms with E-state index >= 15 is 0 Å². The van der Waals surface area contributed by atoms with Crippen molar-refractivity contribution in [1.82, 2.24) is 5.32 Å². The molecule has 1 saturated heterocycles. The Morgan fingerprint density at radius 2 is 1.89 bits per heavy atom. The minimum Gasteiger partial charge on any atom is -0.371 e. The normalized spacial score (nSPS) is 16.3. The van der Waals surface area contributed by atoms with Crippen LogP contribution in [0, 0.1) is 5.92 Å². The van der Waals surface area contributed by atoms with E-state index in [1.165, 1.54) is 10.6 Å². The van der Waals surface area contributed by atoms with Crippen LogP contribution in [0.4, 0.5) is 5.69 Å². The fraction of sp³-hybridized carbons (Fsp3) is 0.261. The van der Waals surface area contributed by atoms with Gasteiger partial charge in [-0.3, -0.25) is 4.79 Å². The van der Waals surface area contributed by atoms with Gasteiger partial charge in [0.05, 0.1) is 5.56 Å². The molecule has 144 valence electrons. The maximum atomic E-state index is 12.8. The van der Waals surface area contributed by atoms with Crippen molar-refractivity contribution in [2.45, 2.75) is 17.1 Å². The number of rotatable bonds is 7. The summed E-state index contributed by atoms with van der Waals surface area (Å²) in [5.74, 6) is 1.43. The minimum atomic E-state index is 0.0347. The van der Waals surface area contributed by atoms with E-state index < -0.39 is 0 Å². The van der Waals surface area contributed by atoms with Gasteiger partial charge in [-0.15, -0.1) is 23.1 Å². The van der Waals surface area contributed by atoms with Crippen LogP contribution in [0.1, 0.15) is 21.7 Å². The molecule has 0 saturated carbocycles. The molecule has 1 aliphatic rings. The first-order valence-electron chi connectivity index (χ1n) is 9.62. The number of carbonyl (C=O) groups is 1. The van der Waals surface area contributed by atoms with Gasteiger partial charge >= 0.3 is 0 Å². The van der Waals surface area contributed by atoms with Gasteiger partial charge in [-0.2, -0.15) is 0 Å². The number of para-hydroxylation sites is 1. The van der Waals surface area contributed by atoms with E-state index in [4.69, 9.17) is 0 Å². The van der Waals surface area contributed by atoms with Gasteiger partial charge in [0.25, 0.3) is 5.91 Å². The van der Waals surface area contributed by atoms with E-state index in [0.29, 0.717) is 5.92 Å². The van der Waals surface area contributed by atoms with Gasteiger partial charge in [-0.25, -0.2) is 0 Å². The summed E-state index contributed by atoms with van der Waals surface area (Å²) >= 11 is 3.49. The molecular weight excluding hydrogens is 384 g/mol. The minimum absolute atomic E-state index is 0.0347. The Balaban J connectivity index is 1.32. The molecule has 1 atom stereocenters. The molecule has 3 aromatic rings. The van der Waals surface area contributed by atoms with Crippen LogP contribution in [0.5, 0.6) is 0 Å². The van der Waals surface area contributed by atoms with Gasteiger partial charge in [0.2, 0.25) is 0 Å². The fourth-order valence-electron chi connectivity index (χ4n) is 3.53. The summed E-state index contributed by atoms with van der Waals surface area (Å²) in [7, 11) is 0. The molecule has 1 unspecified atom stereocenters. The summed E-state index contributed by atoms with van der Waals surface area (Å²) in [5.41, 5.74) is 2.05. The lowest BCUT2D eigenvalue weighted by molar-refractivity contribution is 0.0945. The Hall–Kier alpha value is -2.24. The number of thioether (sulfide) groups is 1. The van der Waals surface area contributed by atoms with Crippen LogP contribution in [-0.2, 0) is 5.75 Å². The number of thiophene rings is 1. The standard InChI is InChI=1S/C23H24N2OS2/c26-23(21-10-4-5-11-22(21)28-17-20-9-6-14-27-20)24-15-18-12-13-25(16-18)19-7-2-1-3-8-19/h1-11,14,18H,12-13,15-17H2,(H,24,26). The highest BCUT2D eigenvalue weighted by Crippen LogP contribution is 2.28. The van der Waals surface area contributed by atoms with E-state index in [2.05, 4.69) is 52.0 Å². The number of benzene rings is 2. The molecule has 1 fully saturated rings. The SMILES string of the molecule is O=C(NCC1CCN(c2ccccc2)C1)c1ccccc1SCc1cccs1. The van der Waals surface area contributed by atoms with Crippen molar-refractivity contribution >= 4 is 34.7 Å². The zero-order valence-electron chi connectivity index (χ0n) is 15.7. The van der Waals surface area contributed by atoms with Crippen molar-refractivity contribution in [3.8, 4) is 0 Å². The van der Waals surface area contributed by atoms with Gasteiger partial charge in [-0.1, -0.05) is 36.4 Å². The second kappa shape index (κ2) is 9.30. The molecule has 5 heteroatoms. The van der Waals surface area contributed by atoms with Crippen LogP contribution in [0.3, 0.4) is 0 Å². The average molecular weight is 409 g/mol. The Labute approximate surface area is 174 Å². The number of anilines is 1. The summed E-state index contributed by atoms with van der Waals surface area (Å²) in [6.07, 6.45) is 1.12. The molecule has 2 aromatic carbocycles. The zero-order valence-corrected chi connectivity index (χ0v) is 17.3. The predicted molar refractivity (Wildman–Crippen MR) is 119 cm³/mol. The molecule has 1 amide bonds. The predicted octanol–water partition coefficient (Wildman–Crippen LogP) is 5.30. The van der Waals surface area contributed by atoms with E-state index in [9.17, 15) is 4.79 Å². The van der Waals surface area contributed by atoms with E-state index in [1.807, 2.05) is 30.3 Å². The zero-order chi connectivity index (χ0) is 19.2. The van der Waals surface area contributed by atoms with Crippen LogP contribution in [0.2, 0.25) is 0 Å². The molecule has 4 rings (SSSR count). The second-order valence-corrected chi connectivity index (χ2v) is 9.06. The molecule has 1 N–H and O–H groups in total. The first-order valence-corrected chi connectivity index (χ1v) is 11.5. The van der Waals surface area contributed by atoms with Crippen LogP contribution in [0.15, 0.2) is 77.0 Å². The summed E-state index contributed by atoms with van der Waals surface area (Å²) in [6, 6.07) is 22.6. The van der Waals surface area contributed by atoms with Crippen molar-refractivity contribution in [3.05, 3.63) is 82.6 Å². The Kier molecular flexibility index (Phi) is 6.34. The van der Waals surface area contributed by atoms with Crippen LogP contribution in [-0.4, -0.2) is 25.5 Å². The second-order valence-electron chi connectivity index (χ2n) is 7.01. The van der Waals surface area contributed by atoms with E-state index in [1.54, 1.807) is 23.1 Å². The first kappa shape index (κ1) is 19.1. The summed E-state index contributed by atoms with van der Waals surface area (Å²) in [6.45, 7) is 2.78. The molecule has 0 aliphatic carbocycles. The number of amides is 1. The van der Waals surface area contributed by atoms with Gasteiger partial charge in [0.1, 0.15) is 0 Å². The number of nitrogens with zero attached hydrogens (tertiary/aromatic N) is 1. The monoisotopic (exact) mass is 408 g/mol. The third-order valence-corrected chi connectivity index (χ3v) is 7.22. The van der Waals surface area contributed by atoms with Crippen molar-refractivity contribution < 1.29 is 4.79 Å². The average Bonchev–Trinajstić information content (AvgIpc) is 3.43. The van der Waals surface area contributed by atoms with E-state index in [-0.39, 0.29) is 5.91 Å². The van der Waals surface area contributed by atoms with Crippen molar-refractivity contribution in [2.24, 2.45) is 5.92 Å². The Morgan fingerprint density at radius 1 is 1.07 bits per heavy atom. The number of nitrogens with one attached hydrogen (secondary N) is 1. The van der Waals surface area contributed by atoms with Crippen LogP contribution < -0.4 is 10.2 Å². The lowest BCUT2D eigenvalue weighted by Crippen LogP contribution is -2.31. The third-order valence-electron chi connectivity index (χ3n) is 5.04. The maximum Gasteiger partial charge on any atom is 0.252 e. The third kappa shape index (κ3) is 4.78. The maximum absolute atomic E-state index is 12.8. The van der Waals surface area contributed by atoms with Gasteiger partial charge < -0.3 is 10.2 Å². The number of hydrogen-bond donors (Lipinski definition) is 1. The van der Waals surface area contributed by atoms with Crippen LogP contribution in [0.25, 0.3) is 0 Å². The molecule has 0 spiro atoms. The highest BCUT2D eigenvalue weighted by atomic mass is 32.2. The molecule has 2 heterocycles. The Morgan fingerprint density at radius 3 is 2.71 bits per heavy atom. The smallest absolute Gasteiger partial charge is 0.252 e. The van der Waals surface area contributed by atoms with Crippen molar-refractivity contribution in [1.29, 1.82) is 0 Å². The number of hydrogen-bond acceptors (Lipinski definition) is 4. The Bertz CT molecular complexity index is 896. The highest BCUT2D eigenvalue weighted by Gasteiger charge is 2.23. The lowest BCUT2D eigenvalue weighted by Gasteiger charge is -2.19. The van der Waals surface area contributed by atoms with Gasteiger partial charge in [0, 0.05) is 40.8 Å². The van der Waals surface area contributed by atoms with Crippen molar-refractivity contribution in [2.75, 3.05) is 24.5 Å². The summed E-state index contributed by atoms with van der Waals surface area (Å²) in [4.78, 5) is 17.6. The molecular formula is C23H24N2OS2. The molecule has 1 aromatic heterocycles. The van der Waals surface area contributed by atoms with E-state index in [0.717, 1.165) is 42.3 Å². The topological polar surface area (TPSA) is 32.3 Å². The fourth-order valence-corrected chi connectivity index (χ4v) is 5.35. The summed E-state index contributed by atoms with van der Waals surface area (Å²) in [5, 5.41) is 5.26. The van der Waals surface area contributed by atoms with Crippen molar-refractivity contribution in [3.63, 3.8) is 0 Å². The number of carbonyl (C=O) groups excluding carboxylic acids is 1. The van der Waals surface area contributed by atoms with Gasteiger partial charge in [0.15, 0.2) is 0 Å². The van der Waals surface area contributed by atoms with Crippen LogP contribution >= 0.6 is 23.1 Å².